The topological polar surface area (TPSA) is 20.2 Å². The van der Waals surface area contributed by atoms with Gasteiger partial charge in [0, 0.05) is 5.56 Å². The summed E-state index contributed by atoms with van der Waals surface area (Å²) in [5.74, 6) is -0.517. The van der Waals surface area contributed by atoms with E-state index in [9.17, 15) is 9.50 Å². The zero-order valence-corrected chi connectivity index (χ0v) is 10.1. The lowest BCUT2D eigenvalue weighted by Crippen LogP contribution is -2.03. The molecule has 1 N–H and O–H groups in total. The second-order valence-corrected chi connectivity index (χ2v) is 4.28. The Morgan fingerprint density at radius 2 is 1.71 bits per heavy atom. The number of aliphatic hydroxyl groups excluding tert-OH is 1. The summed E-state index contributed by atoms with van der Waals surface area (Å²) in [5, 5.41) is 10.2. The Morgan fingerprint density at radius 3 is 2.41 bits per heavy atom. The maximum absolute atomic E-state index is 13.3. The van der Waals surface area contributed by atoms with Crippen molar-refractivity contribution in [2.75, 3.05) is 0 Å². The molecular weight excluding hydrogens is 239 g/mol. The summed E-state index contributed by atoms with van der Waals surface area (Å²) in [6.07, 6.45) is -0.903. The van der Waals surface area contributed by atoms with E-state index in [1.165, 1.54) is 12.1 Å². The first-order valence-corrected chi connectivity index (χ1v) is 5.66. The Hall–Kier alpha value is -1.38. The lowest BCUT2D eigenvalue weighted by atomic mass is 9.97. The molecule has 88 valence electrons. The molecule has 1 unspecified atom stereocenters. The van der Waals surface area contributed by atoms with E-state index in [1.807, 2.05) is 25.1 Å². The molecule has 0 aromatic heterocycles. The molecule has 0 aliphatic carbocycles. The highest BCUT2D eigenvalue weighted by molar-refractivity contribution is 6.31. The van der Waals surface area contributed by atoms with Crippen molar-refractivity contribution in [2.24, 2.45) is 0 Å². The highest BCUT2D eigenvalue weighted by Gasteiger charge is 2.17. The summed E-state index contributed by atoms with van der Waals surface area (Å²) in [5.41, 5.74) is 2.07. The molecule has 0 aliphatic heterocycles. The Bertz CT molecular complexity index is 539. The second kappa shape index (κ2) is 4.86. The van der Waals surface area contributed by atoms with Crippen LogP contribution in [0, 0.1) is 12.7 Å². The second-order valence-electron chi connectivity index (χ2n) is 3.90. The molecule has 3 heteroatoms. The zero-order chi connectivity index (χ0) is 12.4. The Balaban J connectivity index is 2.48. The molecule has 2 aromatic rings. The Labute approximate surface area is 104 Å². The molecular formula is C14H12ClFO. The monoisotopic (exact) mass is 250 g/mol. The molecule has 0 fully saturated rings. The summed E-state index contributed by atoms with van der Waals surface area (Å²) >= 11 is 5.86. The van der Waals surface area contributed by atoms with Crippen LogP contribution in [0.15, 0.2) is 42.5 Å². The smallest absolute Gasteiger partial charge is 0.142 e. The van der Waals surface area contributed by atoms with E-state index < -0.39 is 11.9 Å². The van der Waals surface area contributed by atoms with E-state index in [0.717, 1.165) is 11.1 Å². The van der Waals surface area contributed by atoms with Crippen LogP contribution in [0.25, 0.3) is 0 Å². The van der Waals surface area contributed by atoms with Crippen LogP contribution in [-0.2, 0) is 0 Å². The van der Waals surface area contributed by atoms with Gasteiger partial charge in [0.2, 0.25) is 0 Å². The first-order chi connectivity index (χ1) is 8.11. The van der Waals surface area contributed by atoms with Crippen molar-refractivity contribution >= 4 is 11.6 Å². The third-order valence-corrected chi connectivity index (χ3v) is 3.16. The molecule has 0 saturated heterocycles. The molecule has 17 heavy (non-hydrogen) atoms. The SMILES string of the molecule is Cc1ccccc1C(O)c1cccc(F)c1Cl. The van der Waals surface area contributed by atoms with Crippen LogP contribution in [0.4, 0.5) is 4.39 Å². The van der Waals surface area contributed by atoms with Gasteiger partial charge in [-0.2, -0.15) is 0 Å². The van der Waals surface area contributed by atoms with Gasteiger partial charge in [0.15, 0.2) is 0 Å². The van der Waals surface area contributed by atoms with Crippen LogP contribution < -0.4 is 0 Å². The van der Waals surface area contributed by atoms with Crippen LogP contribution in [0.1, 0.15) is 22.8 Å². The first-order valence-electron chi connectivity index (χ1n) is 5.28. The van der Waals surface area contributed by atoms with Gasteiger partial charge in [-0.3, -0.25) is 0 Å². The molecule has 0 heterocycles. The molecule has 0 saturated carbocycles. The fourth-order valence-electron chi connectivity index (χ4n) is 1.79. The number of hydrogen-bond acceptors (Lipinski definition) is 1. The number of benzene rings is 2. The maximum Gasteiger partial charge on any atom is 0.142 e. The largest absolute Gasteiger partial charge is 0.384 e. The number of aliphatic hydroxyl groups is 1. The van der Waals surface area contributed by atoms with Crippen molar-refractivity contribution in [2.45, 2.75) is 13.0 Å². The Morgan fingerprint density at radius 1 is 1.06 bits per heavy atom. The number of halogens is 2. The normalized spacial score (nSPS) is 12.5. The summed E-state index contributed by atoms with van der Waals surface area (Å²) < 4.78 is 13.3. The van der Waals surface area contributed by atoms with Crippen molar-refractivity contribution in [3.63, 3.8) is 0 Å². The van der Waals surface area contributed by atoms with E-state index >= 15 is 0 Å². The molecule has 1 atom stereocenters. The average Bonchev–Trinajstić information content (AvgIpc) is 2.32. The molecule has 2 aromatic carbocycles. The zero-order valence-electron chi connectivity index (χ0n) is 9.32. The third kappa shape index (κ3) is 2.33. The maximum atomic E-state index is 13.3. The quantitative estimate of drug-likeness (QED) is 0.858. The van der Waals surface area contributed by atoms with Crippen LogP contribution in [0.5, 0.6) is 0 Å². The standard InChI is InChI=1S/C14H12ClFO/c1-9-5-2-3-6-10(9)14(17)11-7-4-8-12(16)13(11)15/h2-8,14,17H,1H3. The van der Waals surface area contributed by atoms with Crippen LogP contribution >= 0.6 is 11.6 Å². The fourth-order valence-corrected chi connectivity index (χ4v) is 2.02. The molecule has 0 aliphatic rings. The molecule has 0 amide bonds. The van der Waals surface area contributed by atoms with Crippen molar-refractivity contribution in [3.8, 4) is 0 Å². The van der Waals surface area contributed by atoms with Gasteiger partial charge in [-0.15, -0.1) is 0 Å². The highest BCUT2D eigenvalue weighted by atomic mass is 35.5. The Kier molecular flexibility index (Phi) is 3.46. The number of hydrogen-bond donors (Lipinski definition) is 1. The van der Waals surface area contributed by atoms with E-state index in [4.69, 9.17) is 11.6 Å². The van der Waals surface area contributed by atoms with Crippen molar-refractivity contribution in [3.05, 3.63) is 70.0 Å². The average molecular weight is 251 g/mol. The van der Waals surface area contributed by atoms with E-state index in [2.05, 4.69) is 0 Å². The van der Waals surface area contributed by atoms with Gasteiger partial charge in [0.05, 0.1) is 5.02 Å². The lowest BCUT2D eigenvalue weighted by molar-refractivity contribution is 0.219. The van der Waals surface area contributed by atoms with Crippen LogP contribution in [0.3, 0.4) is 0 Å². The molecule has 1 nitrogen and oxygen atoms in total. The van der Waals surface area contributed by atoms with Crippen molar-refractivity contribution in [1.82, 2.24) is 0 Å². The van der Waals surface area contributed by atoms with E-state index in [-0.39, 0.29) is 5.02 Å². The first kappa shape index (κ1) is 12.1. The summed E-state index contributed by atoms with van der Waals surface area (Å²) in [7, 11) is 0. The van der Waals surface area contributed by atoms with E-state index in [0.29, 0.717) is 5.56 Å². The minimum absolute atomic E-state index is 0.0248. The molecule has 0 spiro atoms. The molecule has 2 rings (SSSR count). The van der Waals surface area contributed by atoms with Gasteiger partial charge < -0.3 is 5.11 Å². The molecule has 0 radical (unpaired) electrons. The highest BCUT2D eigenvalue weighted by Crippen LogP contribution is 2.31. The van der Waals surface area contributed by atoms with Crippen molar-refractivity contribution < 1.29 is 9.50 Å². The van der Waals surface area contributed by atoms with Gasteiger partial charge >= 0.3 is 0 Å². The molecule has 0 bridgehead atoms. The van der Waals surface area contributed by atoms with Crippen LogP contribution in [0.2, 0.25) is 5.02 Å². The van der Waals surface area contributed by atoms with Crippen molar-refractivity contribution in [1.29, 1.82) is 0 Å². The van der Waals surface area contributed by atoms with Gasteiger partial charge in [-0.1, -0.05) is 48.0 Å². The number of rotatable bonds is 2. The summed E-state index contributed by atoms with van der Waals surface area (Å²) in [6.45, 7) is 1.89. The predicted octanol–water partition coefficient (Wildman–Crippen LogP) is 3.87. The number of aryl methyl sites for hydroxylation is 1. The minimum atomic E-state index is -0.903. The van der Waals surface area contributed by atoms with Crippen LogP contribution in [-0.4, -0.2) is 5.11 Å². The van der Waals surface area contributed by atoms with Gasteiger partial charge in [-0.25, -0.2) is 4.39 Å². The predicted molar refractivity (Wildman–Crippen MR) is 66.7 cm³/mol. The van der Waals surface area contributed by atoms with Gasteiger partial charge in [0.25, 0.3) is 0 Å². The van der Waals surface area contributed by atoms with E-state index in [1.54, 1.807) is 12.1 Å². The van der Waals surface area contributed by atoms with Gasteiger partial charge in [-0.05, 0) is 24.1 Å². The minimum Gasteiger partial charge on any atom is -0.384 e. The third-order valence-electron chi connectivity index (χ3n) is 2.76. The fraction of sp³-hybridized carbons (Fsp3) is 0.143. The lowest BCUT2D eigenvalue weighted by Gasteiger charge is -2.15. The van der Waals surface area contributed by atoms with Gasteiger partial charge in [0.1, 0.15) is 11.9 Å². The summed E-state index contributed by atoms with van der Waals surface area (Å²) in [4.78, 5) is 0. The summed E-state index contributed by atoms with van der Waals surface area (Å²) in [6, 6.07) is 11.9.